The Morgan fingerprint density at radius 2 is 1.73 bits per heavy atom. The molecule has 0 bridgehead atoms. The minimum Gasteiger partial charge on any atom is -0.0988 e. The Morgan fingerprint density at radius 3 is 2.32 bits per heavy atom. The third-order valence-electron chi connectivity index (χ3n) is 5.61. The molecule has 0 aliphatic heterocycles. The van der Waals surface area contributed by atoms with Crippen molar-refractivity contribution < 1.29 is 1.37 Å². The van der Waals surface area contributed by atoms with E-state index in [4.69, 9.17) is 1.37 Å². The van der Waals surface area contributed by atoms with Crippen LogP contribution >= 0.6 is 0 Å². The highest BCUT2D eigenvalue weighted by molar-refractivity contribution is 5.55. The minimum absolute atomic E-state index is 0.223. The molecule has 0 radical (unpaired) electrons. The third-order valence-corrected chi connectivity index (χ3v) is 5.61. The molecule has 1 atom stereocenters. The molecule has 0 heterocycles. The highest BCUT2D eigenvalue weighted by atomic mass is 14.5. The fourth-order valence-electron chi connectivity index (χ4n) is 4.93. The van der Waals surface area contributed by atoms with Crippen LogP contribution in [0.25, 0.3) is 0 Å². The zero-order chi connectivity index (χ0) is 17.4. The summed E-state index contributed by atoms with van der Waals surface area (Å²) in [6, 6.07) is 0. The molecule has 22 heavy (non-hydrogen) atoms. The minimum atomic E-state index is 0.223. The summed E-state index contributed by atoms with van der Waals surface area (Å²) in [5.74, 6) is 0.570. The maximum absolute atomic E-state index is 7.50. The molecule has 0 saturated heterocycles. The van der Waals surface area contributed by atoms with Gasteiger partial charge >= 0.3 is 0 Å². The first-order valence-electron chi connectivity index (χ1n) is 9.01. The van der Waals surface area contributed by atoms with E-state index in [0.29, 0.717) is 5.92 Å². The van der Waals surface area contributed by atoms with Gasteiger partial charge in [0.25, 0.3) is 0 Å². The van der Waals surface area contributed by atoms with E-state index in [1.54, 1.807) is 0 Å². The molecular weight excluding hydrogens is 264 g/mol. The smallest absolute Gasteiger partial charge is 0.0538 e. The first-order chi connectivity index (χ1) is 10.7. The Balaban J connectivity index is 2.76. The molecule has 0 saturated carbocycles. The summed E-state index contributed by atoms with van der Waals surface area (Å²) >= 11 is 0. The molecule has 2 rings (SSSR count). The van der Waals surface area contributed by atoms with Gasteiger partial charge in [0.2, 0.25) is 0 Å². The van der Waals surface area contributed by atoms with E-state index in [1.807, 2.05) is 6.08 Å². The molecule has 0 nitrogen and oxygen atoms in total. The molecule has 0 aromatic carbocycles. The average molecular weight is 298 g/mol. The molecule has 0 amide bonds. The molecule has 0 spiro atoms. The highest BCUT2D eigenvalue weighted by Crippen LogP contribution is 2.59. The molecule has 1 unspecified atom stereocenters. The first kappa shape index (κ1) is 15.6. The summed E-state index contributed by atoms with van der Waals surface area (Å²) in [5, 5.41) is 0. The van der Waals surface area contributed by atoms with E-state index in [-0.39, 0.29) is 10.8 Å². The van der Waals surface area contributed by atoms with Crippen LogP contribution in [0.1, 0.15) is 62.7 Å². The van der Waals surface area contributed by atoms with E-state index < -0.39 is 0 Å². The van der Waals surface area contributed by atoms with Crippen LogP contribution in [0.5, 0.6) is 0 Å². The van der Waals surface area contributed by atoms with Gasteiger partial charge in [0.1, 0.15) is 0 Å². The maximum atomic E-state index is 7.50. The van der Waals surface area contributed by atoms with E-state index in [1.165, 1.54) is 34.4 Å². The fraction of sp³-hybridized carbons (Fsp3) is 0.545. The molecular formula is C22H32. The van der Waals surface area contributed by atoms with Crippen LogP contribution < -0.4 is 0 Å². The second-order valence-corrected chi connectivity index (χ2v) is 8.34. The van der Waals surface area contributed by atoms with E-state index in [9.17, 15) is 0 Å². The predicted molar refractivity (Wildman–Crippen MR) is 98.8 cm³/mol. The Kier molecular flexibility index (Phi) is 4.05. The van der Waals surface area contributed by atoms with Crippen molar-refractivity contribution in [3.05, 3.63) is 58.7 Å². The monoisotopic (exact) mass is 297 g/mol. The van der Waals surface area contributed by atoms with Crippen LogP contribution in [-0.4, -0.2) is 0 Å². The summed E-state index contributed by atoms with van der Waals surface area (Å²) in [7, 11) is 0. The predicted octanol–water partition coefficient (Wildman–Crippen LogP) is 6.78. The van der Waals surface area contributed by atoms with E-state index in [2.05, 4.69) is 66.7 Å². The molecule has 0 aromatic rings. The topological polar surface area (TPSA) is 0 Å². The maximum Gasteiger partial charge on any atom is 0.0538 e. The lowest BCUT2D eigenvalue weighted by Crippen LogP contribution is -2.43. The summed E-state index contributed by atoms with van der Waals surface area (Å²) in [6.45, 7) is 17.7. The Labute approximate surface area is 138 Å². The first-order valence-corrected chi connectivity index (χ1v) is 8.43. The largest absolute Gasteiger partial charge is 0.0988 e. The zero-order valence-electron chi connectivity index (χ0n) is 16.4. The number of hydrogen-bond acceptors (Lipinski definition) is 0. The number of rotatable bonds is 2. The van der Waals surface area contributed by atoms with Crippen molar-refractivity contribution in [2.45, 2.75) is 61.3 Å². The molecule has 120 valence electrons. The van der Waals surface area contributed by atoms with Crippen LogP contribution in [0.2, 0.25) is 0 Å². The Morgan fingerprint density at radius 1 is 1.09 bits per heavy atom. The average Bonchev–Trinajstić information content (AvgIpc) is 2.44. The zero-order valence-corrected chi connectivity index (χ0v) is 15.4. The Bertz CT molecular complexity index is 633. The molecule has 0 N–H and O–H groups in total. The summed E-state index contributed by atoms with van der Waals surface area (Å²) in [6.07, 6.45) is 10.7. The Hall–Kier alpha value is -1.30. The molecule has 0 fully saturated rings. The highest BCUT2D eigenvalue weighted by Gasteiger charge is 2.49. The van der Waals surface area contributed by atoms with Crippen molar-refractivity contribution in [3.8, 4) is 0 Å². The van der Waals surface area contributed by atoms with Crippen LogP contribution in [0.4, 0.5) is 0 Å². The number of hydrogen-bond donors (Lipinski definition) is 0. The van der Waals surface area contributed by atoms with Gasteiger partial charge in [0.05, 0.1) is 1.37 Å². The van der Waals surface area contributed by atoms with Gasteiger partial charge in [-0.3, -0.25) is 0 Å². The molecule has 2 aliphatic carbocycles. The second-order valence-electron chi connectivity index (χ2n) is 8.34. The number of fused-ring (bicyclic) bond motifs is 1. The lowest BCUT2D eigenvalue weighted by atomic mass is 9.51. The van der Waals surface area contributed by atoms with Crippen molar-refractivity contribution in [1.82, 2.24) is 0 Å². The van der Waals surface area contributed by atoms with Crippen molar-refractivity contribution in [2.75, 3.05) is 0 Å². The van der Waals surface area contributed by atoms with Gasteiger partial charge in [-0.2, -0.15) is 0 Å². The molecule has 2 aliphatic rings. The van der Waals surface area contributed by atoms with Crippen LogP contribution in [-0.2, 0) is 0 Å². The standard InChI is InChI=1S/C22H32/c1-9-11-12-18-14-22(7,8)20-19(16(18)4)15(3)17(10-2)13-21(20,5)6/h9-12,20H,2,13-14H2,1,3-8H3/b11-9+,18-12+/i2D/b10-2?,11-9+,18-12+. The van der Waals surface area contributed by atoms with E-state index >= 15 is 0 Å². The molecule has 0 heteroatoms. The van der Waals surface area contributed by atoms with Crippen molar-refractivity contribution in [3.63, 3.8) is 0 Å². The summed E-state index contributed by atoms with van der Waals surface area (Å²) in [4.78, 5) is 0. The van der Waals surface area contributed by atoms with Crippen molar-refractivity contribution in [1.29, 1.82) is 0 Å². The second kappa shape index (κ2) is 5.72. The quantitative estimate of drug-likeness (QED) is 0.526. The van der Waals surface area contributed by atoms with Crippen LogP contribution in [0, 0.1) is 16.7 Å². The lowest BCUT2D eigenvalue weighted by molar-refractivity contribution is 0.0925. The van der Waals surface area contributed by atoms with Gasteiger partial charge in [0, 0.05) is 0 Å². The third kappa shape index (κ3) is 2.69. The van der Waals surface area contributed by atoms with Gasteiger partial charge in [-0.05, 0) is 78.2 Å². The lowest BCUT2D eigenvalue weighted by Gasteiger charge is -2.53. The molecule has 0 aromatic heterocycles. The van der Waals surface area contributed by atoms with Crippen molar-refractivity contribution in [2.24, 2.45) is 16.7 Å². The normalized spacial score (nSPS) is 30.4. The van der Waals surface area contributed by atoms with Gasteiger partial charge in [-0.1, -0.05) is 58.6 Å². The fourth-order valence-corrected chi connectivity index (χ4v) is 4.93. The van der Waals surface area contributed by atoms with Gasteiger partial charge in [-0.15, -0.1) is 0 Å². The van der Waals surface area contributed by atoms with Crippen molar-refractivity contribution >= 4 is 0 Å². The van der Waals surface area contributed by atoms with Gasteiger partial charge < -0.3 is 0 Å². The van der Waals surface area contributed by atoms with Gasteiger partial charge in [0.15, 0.2) is 0 Å². The number of allylic oxidation sites excluding steroid dienone is 9. The summed E-state index contributed by atoms with van der Waals surface area (Å²) < 4.78 is 7.50. The van der Waals surface area contributed by atoms with Crippen LogP contribution in [0.15, 0.2) is 58.7 Å². The van der Waals surface area contributed by atoms with Gasteiger partial charge in [-0.25, -0.2) is 0 Å². The SMILES string of the molecule is [2H]C=CC1=C(C)C2=C(C)/C(=C/C=C/C)CC(C)(C)C2C(C)(C)C1. The van der Waals surface area contributed by atoms with E-state index in [0.717, 1.165) is 12.8 Å². The van der Waals surface area contributed by atoms with Crippen LogP contribution in [0.3, 0.4) is 0 Å². The summed E-state index contributed by atoms with van der Waals surface area (Å²) in [5.41, 5.74) is 7.65.